The van der Waals surface area contributed by atoms with Gasteiger partial charge in [0.2, 0.25) is 0 Å². The second-order valence-electron chi connectivity index (χ2n) is 4.56. The summed E-state index contributed by atoms with van der Waals surface area (Å²) in [5, 5.41) is 9.93. The van der Waals surface area contributed by atoms with Crippen molar-refractivity contribution in [2.24, 2.45) is 11.8 Å². The lowest BCUT2D eigenvalue weighted by Crippen LogP contribution is -2.27. The summed E-state index contributed by atoms with van der Waals surface area (Å²) in [4.78, 5) is 0. The van der Waals surface area contributed by atoms with Crippen molar-refractivity contribution in [1.82, 2.24) is 0 Å². The maximum atomic E-state index is 9.93. The van der Waals surface area contributed by atoms with Gasteiger partial charge in [0.1, 0.15) is 0 Å². The summed E-state index contributed by atoms with van der Waals surface area (Å²) in [7, 11) is 0. The van der Waals surface area contributed by atoms with Crippen molar-refractivity contribution in [3.63, 3.8) is 0 Å². The van der Waals surface area contributed by atoms with Gasteiger partial charge < -0.3 is 9.84 Å². The monoisotopic (exact) mass is 234 g/mol. The first-order chi connectivity index (χ1) is 8.15. The van der Waals surface area contributed by atoms with Crippen LogP contribution in [0.1, 0.15) is 19.4 Å². The first kappa shape index (κ1) is 13.9. The Bertz CT molecular complexity index is 321. The largest absolute Gasteiger partial charge is 0.392 e. The smallest absolute Gasteiger partial charge is 0.0717 e. The summed E-state index contributed by atoms with van der Waals surface area (Å²) in [6, 6.07) is 10.1. The normalized spacial score (nSPS) is 16.2. The van der Waals surface area contributed by atoms with E-state index in [1.165, 1.54) is 0 Å². The molecule has 2 nitrogen and oxygen atoms in total. The number of hydrogen-bond acceptors (Lipinski definition) is 2. The topological polar surface area (TPSA) is 29.5 Å². The molecular weight excluding hydrogens is 212 g/mol. The second-order valence-corrected chi connectivity index (χ2v) is 4.56. The number of aliphatic hydroxyl groups is 1. The number of hydrogen-bond donors (Lipinski definition) is 1. The summed E-state index contributed by atoms with van der Waals surface area (Å²) in [5.41, 5.74) is 1.16. The summed E-state index contributed by atoms with van der Waals surface area (Å²) in [6.07, 6.45) is 1.39. The van der Waals surface area contributed by atoms with Crippen LogP contribution in [0.15, 0.2) is 43.0 Å². The van der Waals surface area contributed by atoms with Crippen molar-refractivity contribution in [3.05, 3.63) is 48.6 Å². The van der Waals surface area contributed by atoms with E-state index in [1.807, 2.05) is 44.2 Å². The van der Waals surface area contributed by atoms with E-state index < -0.39 is 0 Å². The Kier molecular flexibility index (Phi) is 5.95. The zero-order chi connectivity index (χ0) is 12.7. The molecule has 17 heavy (non-hydrogen) atoms. The van der Waals surface area contributed by atoms with Crippen LogP contribution in [0, 0.1) is 11.8 Å². The molecule has 3 atom stereocenters. The average molecular weight is 234 g/mol. The molecule has 1 N–H and O–H groups in total. The first-order valence-corrected chi connectivity index (χ1v) is 6.07. The van der Waals surface area contributed by atoms with Crippen molar-refractivity contribution >= 4 is 0 Å². The van der Waals surface area contributed by atoms with Gasteiger partial charge in [0.25, 0.3) is 0 Å². The Labute approximate surface area is 104 Å². The molecule has 94 valence electrons. The third-order valence-electron chi connectivity index (χ3n) is 2.99. The number of aliphatic hydroxyl groups excluding tert-OH is 1. The molecule has 0 aliphatic heterocycles. The van der Waals surface area contributed by atoms with Crippen LogP contribution in [0.4, 0.5) is 0 Å². The van der Waals surface area contributed by atoms with Gasteiger partial charge in [0.05, 0.1) is 19.3 Å². The molecule has 0 fully saturated rings. The van der Waals surface area contributed by atoms with Crippen molar-refractivity contribution in [1.29, 1.82) is 0 Å². The molecule has 0 radical (unpaired) electrons. The molecular formula is C15H22O2. The van der Waals surface area contributed by atoms with Crippen molar-refractivity contribution < 1.29 is 9.84 Å². The van der Waals surface area contributed by atoms with Crippen LogP contribution in [-0.2, 0) is 11.3 Å². The molecule has 0 saturated heterocycles. The standard InChI is InChI=1S/C15H22O2/c1-4-12(2)15(16)13(3)10-17-11-14-8-6-5-7-9-14/h4-9,12-13,15-16H,1,10-11H2,2-3H3. The highest BCUT2D eigenvalue weighted by Crippen LogP contribution is 2.14. The molecule has 0 spiro atoms. The van der Waals surface area contributed by atoms with Gasteiger partial charge in [0.15, 0.2) is 0 Å². The predicted molar refractivity (Wildman–Crippen MR) is 70.6 cm³/mol. The molecule has 0 saturated carbocycles. The quantitative estimate of drug-likeness (QED) is 0.735. The molecule has 0 aromatic heterocycles. The maximum absolute atomic E-state index is 9.93. The molecule has 2 heteroatoms. The van der Waals surface area contributed by atoms with Gasteiger partial charge in [0, 0.05) is 11.8 Å². The Balaban J connectivity index is 2.29. The third-order valence-corrected chi connectivity index (χ3v) is 2.99. The van der Waals surface area contributed by atoms with Gasteiger partial charge in [-0.3, -0.25) is 0 Å². The highest BCUT2D eigenvalue weighted by atomic mass is 16.5. The fourth-order valence-electron chi connectivity index (χ4n) is 1.69. The van der Waals surface area contributed by atoms with E-state index in [4.69, 9.17) is 4.74 Å². The van der Waals surface area contributed by atoms with E-state index in [0.29, 0.717) is 13.2 Å². The lowest BCUT2D eigenvalue weighted by atomic mass is 9.94. The number of benzene rings is 1. The first-order valence-electron chi connectivity index (χ1n) is 6.07. The zero-order valence-electron chi connectivity index (χ0n) is 10.7. The van der Waals surface area contributed by atoms with E-state index in [9.17, 15) is 5.11 Å². The van der Waals surface area contributed by atoms with Crippen LogP contribution in [0.25, 0.3) is 0 Å². The van der Waals surface area contributed by atoms with E-state index in [1.54, 1.807) is 6.08 Å². The molecule has 0 aliphatic carbocycles. The van der Waals surface area contributed by atoms with Gasteiger partial charge in [-0.05, 0) is 5.56 Å². The molecule has 0 amide bonds. The van der Waals surface area contributed by atoms with Gasteiger partial charge in [-0.25, -0.2) is 0 Å². The Morgan fingerprint density at radius 1 is 1.29 bits per heavy atom. The van der Waals surface area contributed by atoms with Crippen LogP contribution in [0.2, 0.25) is 0 Å². The number of rotatable bonds is 7. The minimum absolute atomic E-state index is 0.102. The molecule has 0 heterocycles. The van der Waals surface area contributed by atoms with Gasteiger partial charge >= 0.3 is 0 Å². The van der Waals surface area contributed by atoms with Crippen molar-refractivity contribution in [2.75, 3.05) is 6.61 Å². The highest BCUT2D eigenvalue weighted by molar-refractivity contribution is 5.13. The van der Waals surface area contributed by atoms with Crippen LogP contribution in [0.5, 0.6) is 0 Å². The molecule has 0 bridgehead atoms. The van der Waals surface area contributed by atoms with Gasteiger partial charge in [-0.1, -0.05) is 50.3 Å². The Morgan fingerprint density at radius 2 is 1.94 bits per heavy atom. The highest BCUT2D eigenvalue weighted by Gasteiger charge is 2.18. The lowest BCUT2D eigenvalue weighted by molar-refractivity contribution is 0.0134. The third kappa shape index (κ3) is 4.72. The van der Waals surface area contributed by atoms with E-state index in [0.717, 1.165) is 5.56 Å². The van der Waals surface area contributed by atoms with E-state index in [-0.39, 0.29) is 17.9 Å². The lowest BCUT2D eigenvalue weighted by Gasteiger charge is -2.22. The average Bonchev–Trinajstić information content (AvgIpc) is 2.38. The van der Waals surface area contributed by atoms with Gasteiger partial charge in [-0.15, -0.1) is 6.58 Å². The van der Waals surface area contributed by atoms with E-state index in [2.05, 4.69) is 6.58 Å². The predicted octanol–water partition coefficient (Wildman–Crippen LogP) is 3.02. The zero-order valence-corrected chi connectivity index (χ0v) is 10.7. The van der Waals surface area contributed by atoms with Crippen LogP contribution < -0.4 is 0 Å². The van der Waals surface area contributed by atoms with Crippen molar-refractivity contribution in [2.45, 2.75) is 26.6 Å². The summed E-state index contributed by atoms with van der Waals surface area (Å²) >= 11 is 0. The summed E-state index contributed by atoms with van der Waals surface area (Å²) in [6.45, 7) is 8.81. The minimum atomic E-state index is -0.386. The number of ether oxygens (including phenoxy) is 1. The second kappa shape index (κ2) is 7.25. The molecule has 3 unspecified atom stereocenters. The summed E-state index contributed by atoms with van der Waals surface area (Å²) in [5.74, 6) is 0.219. The fourth-order valence-corrected chi connectivity index (χ4v) is 1.69. The molecule has 0 aliphatic rings. The SMILES string of the molecule is C=CC(C)C(O)C(C)COCc1ccccc1. The molecule has 1 aromatic rings. The fraction of sp³-hybridized carbons (Fsp3) is 0.467. The van der Waals surface area contributed by atoms with Crippen LogP contribution in [0.3, 0.4) is 0 Å². The van der Waals surface area contributed by atoms with E-state index >= 15 is 0 Å². The Morgan fingerprint density at radius 3 is 2.53 bits per heavy atom. The maximum Gasteiger partial charge on any atom is 0.0717 e. The molecule has 1 aromatic carbocycles. The van der Waals surface area contributed by atoms with Crippen LogP contribution in [-0.4, -0.2) is 17.8 Å². The summed E-state index contributed by atoms with van der Waals surface area (Å²) < 4.78 is 5.60. The van der Waals surface area contributed by atoms with Crippen molar-refractivity contribution in [3.8, 4) is 0 Å². The van der Waals surface area contributed by atoms with Gasteiger partial charge in [-0.2, -0.15) is 0 Å². The minimum Gasteiger partial charge on any atom is -0.392 e. The molecule has 1 rings (SSSR count). The van der Waals surface area contributed by atoms with Crippen LogP contribution >= 0.6 is 0 Å². The Hall–Kier alpha value is -1.12.